The number of anilines is 1. The zero-order valence-corrected chi connectivity index (χ0v) is 18.6. The summed E-state index contributed by atoms with van der Waals surface area (Å²) in [5.74, 6) is -0.361. The Morgan fingerprint density at radius 3 is 2.55 bits per heavy atom. The van der Waals surface area contributed by atoms with Crippen molar-refractivity contribution in [3.63, 3.8) is 0 Å². The van der Waals surface area contributed by atoms with Crippen molar-refractivity contribution in [1.82, 2.24) is 5.32 Å². The highest BCUT2D eigenvalue weighted by atomic mass is 35.5. The number of aryl methyl sites for hydroxylation is 2. The van der Waals surface area contributed by atoms with E-state index in [1.165, 1.54) is 24.0 Å². The topological polar surface area (TPSA) is 66.5 Å². The lowest BCUT2D eigenvalue weighted by Crippen LogP contribution is -2.41. The first kappa shape index (κ1) is 21.7. The number of carbonyl (C=O) groups is 1. The van der Waals surface area contributed by atoms with Crippen LogP contribution in [-0.4, -0.2) is 27.1 Å². The fourth-order valence-corrected chi connectivity index (χ4v) is 4.85. The molecule has 0 bridgehead atoms. The van der Waals surface area contributed by atoms with Crippen LogP contribution >= 0.6 is 11.6 Å². The predicted octanol–water partition coefficient (Wildman–Crippen LogP) is 4.17. The van der Waals surface area contributed by atoms with Gasteiger partial charge < -0.3 is 5.32 Å². The average molecular weight is 435 g/mol. The molecule has 29 heavy (non-hydrogen) atoms. The number of nitrogens with one attached hydrogen (secondary N) is 1. The highest BCUT2D eigenvalue weighted by Gasteiger charge is 2.24. The fraction of sp³-hybridized carbons (Fsp3) is 0.409. The lowest BCUT2D eigenvalue weighted by atomic mass is 9.89. The maximum absolute atomic E-state index is 12.7. The molecule has 156 valence electrons. The molecule has 7 heteroatoms. The van der Waals surface area contributed by atoms with E-state index in [1.54, 1.807) is 25.1 Å². The van der Waals surface area contributed by atoms with Crippen molar-refractivity contribution in [2.24, 2.45) is 0 Å². The van der Waals surface area contributed by atoms with E-state index < -0.39 is 10.0 Å². The number of halogens is 1. The monoisotopic (exact) mass is 434 g/mol. The van der Waals surface area contributed by atoms with Gasteiger partial charge in [0.2, 0.25) is 15.9 Å². The Kier molecular flexibility index (Phi) is 6.54. The van der Waals surface area contributed by atoms with Crippen LogP contribution in [-0.2, 0) is 27.7 Å². The van der Waals surface area contributed by atoms with Gasteiger partial charge in [-0.2, -0.15) is 0 Å². The smallest absolute Gasteiger partial charge is 0.241 e. The standard InChI is InChI=1S/C22H27ClN2O3S/c1-15-20(23)9-6-10-21(15)25(29(3,27)28)14-22(26)24-16(2)18-12-11-17-7-4-5-8-19(17)13-18/h6,9-13,16H,4-5,7-8,14H2,1-3H3,(H,24,26). The Bertz CT molecular complexity index is 1020. The molecule has 1 N–H and O–H groups in total. The number of carbonyl (C=O) groups excluding carboxylic acids is 1. The van der Waals surface area contributed by atoms with Gasteiger partial charge in [-0.1, -0.05) is 35.9 Å². The molecule has 0 fully saturated rings. The van der Waals surface area contributed by atoms with Crippen LogP contribution in [0.1, 0.15) is 48.1 Å². The zero-order valence-electron chi connectivity index (χ0n) is 17.0. The first-order valence-electron chi connectivity index (χ1n) is 9.80. The summed E-state index contributed by atoms with van der Waals surface area (Å²) >= 11 is 6.14. The van der Waals surface area contributed by atoms with Crippen LogP contribution < -0.4 is 9.62 Å². The van der Waals surface area contributed by atoms with Gasteiger partial charge in [0.05, 0.1) is 18.0 Å². The average Bonchev–Trinajstić information content (AvgIpc) is 2.67. The lowest BCUT2D eigenvalue weighted by molar-refractivity contribution is -0.120. The van der Waals surface area contributed by atoms with Crippen molar-refractivity contribution in [3.05, 3.63) is 63.7 Å². The molecule has 0 heterocycles. The third kappa shape index (κ3) is 5.11. The van der Waals surface area contributed by atoms with Gasteiger partial charge in [-0.05, 0) is 73.9 Å². The molecule has 0 spiro atoms. The number of hydrogen-bond acceptors (Lipinski definition) is 3. The Balaban J connectivity index is 1.76. The van der Waals surface area contributed by atoms with Crippen LogP contribution in [0, 0.1) is 6.92 Å². The summed E-state index contributed by atoms with van der Waals surface area (Å²) in [5.41, 5.74) is 4.80. The Hall–Kier alpha value is -2.05. The number of rotatable bonds is 6. The van der Waals surface area contributed by atoms with E-state index in [0.717, 1.165) is 29.0 Å². The number of hydrogen-bond donors (Lipinski definition) is 1. The lowest BCUT2D eigenvalue weighted by Gasteiger charge is -2.25. The van der Waals surface area contributed by atoms with Gasteiger partial charge in [0.15, 0.2) is 0 Å². The van der Waals surface area contributed by atoms with E-state index in [-0.39, 0.29) is 18.5 Å². The number of fused-ring (bicyclic) bond motifs is 1. The van der Waals surface area contributed by atoms with Crippen LogP contribution in [0.5, 0.6) is 0 Å². The van der Waals surface area contributed by atoms with Gasteiger partial charge in [-0.15, -0.1) is 0 Å². The Morgan fingerprint density at radius 2 is 1.86 bits per heavy atom. The quantitative estimate of drug-likeness (QED) is 0.741. The summed E-state index contributed by atoms with van der Waals surface area (Å²) in [7, 11) is -3.65. The molecule has 5 nitrogen and oxygen atoms in total. The van der Waals surface area contributed by atoms with Gasteiger partial charge in [0, 0.05) is 5.02 Å². The fourth-order valence-electron chi connectivity index (χ4n) is 3.77. The molecule has 1 unspecified atom stereocenters. The summed E-state index contributed by atoms with van der Waals surface area (Å²) in [5, 5.41) is 3.39. The molecule has 1 amide bonds. The molecule has 1 atom stereocenters. The molecular weight excluding hydrogens is 408 g/mol. The van der Waals surface area contributed by atoms with Crippen molar-refractivity contribution < 1.29 is 13.2 Å². The van der Waals surface area contributed by atoms with Crippen LogP contribution in [0.4, 0.5) is 5.69 Å². The van der Waals surface area contributed by atoms with Crippen LogP contribution in [0.3, 0.4) is 0 Å². The zero-order chi connectivity index (χ0) is 21.2. The Morgan fingerprint density at radius 1 is 1.17 bits per heavy atom. The second-order valence-electron chi connectivity index (χ2n) is 7.68. The summed E-state index contributed by atoms with van der Waals surface area (Å²) in [4.78, 5) is 12.7. The van der Waals surface area contributed by atoms with Crippen LogP contribution in [0.25, 0.3) is 0 Å². The van der Waals surface area contributed by atoms with Crippen molar-refractivity contribution in [3.8, 4) is 0 Å². The van der Waals surface area contributed by atoms with Crippen molar-refractivity contribution in [1.29, 1.82) is 0 Å². The maximum Gasteiger partial charge on any atom is 0.241 e. The minimum Gasteiger partial charge on any atom is -0.348 e. The van der Waals surface area contributed by atoms with Gasteiger partial charge >= 0.3 is 0 Å². The first-order valence-corrected chi connectivity index (χ1v) is 12.0. The predicted molar refractivity (Wildman–Crippen MR) is 118 cm³/mol. The van der Waals surface area contributed by atoms with Gasteiger partial charge in [-0.25, -0.2) is 8.42 Å². The highest BCUT2D eigenvalue weighted by Crippen LogP contribution is 2.28. The van der Waals surface area contributed by atoms with Crippen molar-refractivity contribution in [2.45, 2.75) is 45.6 Å². The summed E-state index contributed by atoms with van der Waals surface area (Å²) in [6.45, 7) is 3.36. The number of nitrogens with zero attached hydrogens (tertiary/aromatic N) is 1. The van der Waals surface area contributed by atoms with E-state index in [1.807, 2.05) is 13.0 Å². The van der Waals surface area contributed by atoms with Gasteiger partial charge in [0.1, 0.15) is 6.54 Å². The molecule has 3 rings (SSSR count). The third-order valence-electron chi connectivity index (χ3n) is 5.45. The van der Waals surface area contributed by atoms with Crippen LogP contribution in [0.2, 0.25) is 5.02 Å². The van der Waals surface area contributed by atoms with Gasteiger partial charge in [-0.3, -0.25) is 9.10 Å². The SMILES string of the molecule is Cc1c(Cl)cccc1N(CC(=O)NC(C)c1ccc2c(c1)CCCC2)S(C)(=O)=O. The molecule has 1 aliphatic rings. The molecule has 0 saturated carbocycles. The second kappa shape index (κ2) is 8.76. The summed E-state index contributed by atoms with van der Waals surface area (Å²) < 4.78 is 25.8. The Labute approximate surface area is 178 Å². The normalized spacial score (nSPS) is 14.8. The molecular formula is C22H27ClN2O3S. The second-order valence-corrected chi connectivity index (χ2v) is 9.99. The van der Waals surface area contributed by atoms with E-state index in [4.69, 9.17) is 11.6 Å². The molecule has 0 aromatic heterocycles. The van der Waals surface area contributed by atoms with Crippen LogP contribution in [0.15, 0.2) is 36.4 Å². The van der Waals surface area contributed by atoms with E-state index >= 15 is 0 Å². The summed E-state index contributed by atoms with van der Waals surface area (Å²) in [6.07, 6.45) is 5.69. The van der Waals surface area contributed by atoms with Crippen molar-refractivity contribution >= 4 is 33.2 Å². The first-order chi connectivity index (χ1) is 13.7. The largest absolute Gasteiger partial charge is 0.348 e. The minimum absolute atomic E-state index is 0.211. The molecule has 2 aromatic carbocycles. The van der Waals surface area contributed by atoms with E-state index in [0.29, 0.717) is 16.3 Å². The third-order valence-corrected chi connectivity index (χ3v) is 6.98. The van der Waals surface area contributed by atoms with E-state index in [2.05, 4.69) is 17.4 Å². The molecule has 0 radical (unpaired) electrons. The molecule has 2 aromatic rings. The number of amides is 1. The van der Waals surface area contributed by atoms with E-state index in [9.17, 15) is 13.2 Å². The highest BCUT2D eigenvalue weighted by molar-refractivity contribution is 7.92. The van der Waals surface area contributed by atoms with Gasteiger partial charge in [0.25, 0.3) is 0 Å². The molecule has 1 aliphatic carbocycles. The maximum atomic E-state index is 12.7. The summed E-state index contributed by atoms with van der Waals surface area (Å²) in [6, 6.07) is 11.2. The minimum atomic E-state index is -3.65. The molecule has 0 aliphatic heterocycles. The number of sulfonamides is 1. The molecule has 0 saturated heterocycles. The number of benzene rings is 2. The van der Waals surface area contributed by atoms with Crippen molar-refractivity contribution in [2.75, 3.05) is 17.1 Å².